The van der Waals surface area contributed by atoms with Gasteiger partial charge in [-0.2, -0.15) is 0 Å². The Morgan fingerprint density at radius 1 is 0.491 bits per heavy atom. The smallest absolute Gasteiger partial charge is 0.248 e. The zero-order valence-electron chi connectivity index (χ0n) is 35.3. The van der Waals surface area contributed by atoms with Gasteiger partial charge in [0.25, 0.3) is 0 Å². The highest BCUT2D eigenvalue weighted by atomic mass is 16.4. The monoisotopic (exact) mass is 764 g/mol. The van der Waals surface area contributed by atoms with E-state index in [-0.39, 0.29) is 5.41 Å². The van der Waals surface area contributed by atoms with Gasteiger partial charge in [0.2, 0.25) is 23.6 Å². The lowest BCUT2D eigenvalue weighted by molar-refractivity contribution is 0.266. The molecule has 1 aliphatic carbocycles. The second-order valence-electron chi connectivity index (χ2n) is 16.6. The van der Waals surface area contributed by atoms with Crippen LogP contribution in [0.2, 0.25) is 0 Å². The number of rotatable bonds is 18. The van der Waals surface area contributed by atoms with Crippen molar-refractivity contribution in [2.24, 2.45) is 11.8 Å². The van der Waals surface area contributed by atoms with Crippen LogP contribution in [0.15, 0.2) is 93.8 Å². The molecule has 0 saturated heterocycles. The molecule has 6 aromatic rings. The third-order valence-electron chi connectivity index (χ3n) is 12.3. The lowest BCUT2D eigenvalue weighted by Crippen LogP contribution is -2.31. The van der Waals surface area contributed by atoms with E-state index < -0.39 is 0 Å². The average Bonchev–Trinajstić information content (AvgIpc) is 3.99. The van der Waals surface area contributed by atoms with Crippen molar-refractivity contribution in [3.05, 3.63) is 96.1 Å². The van der Waals surface area contributed by atoms with Crippen LogP contribution < -0.4 is 9.80 Å². The van der Waals surface area contributed by atoms with Gasteiger partial charge in [0.05, 0.1) is 0 Å². The molecular weight excluding hydrogens is 705 g/mol. The highest BCUT2D eigenvalue weighted by Crippen LogP contribution is 2.57. The van der Waals surface area contributed by atoms with Crippen molar-refractivity contribution in [2.45, 2.75) is 97.3 Å². The van der Waals surface area contributed by atoms with Crippen LogP contribution in [-0.4, -0.2) is 48.6 Å². The summed E-state index contributed by atoms with van der Waals surface area (Å²) in [5, 5.41) is 18.3. The van der Waals surface area contributed by atoms with Gasteiger partial charge in [-0.3, -0.25) is 0 Å². The van der Waals surface area contributed by atoms with Gasteiger partial charge in [0.1, 0.15) is 0 Å². The molecule has 8 nitrogen and oxygen atoms in total. The molecule has 2 heterocycles. The third-order valence-corrected chi connectivity index (χ3v) is 12.3. The van der Waals surface area contributed by atoms with E-state index in [9.17, 15) is 0 Å². The number of unbranched alkanes of at least 4 members (excludes halogenated alkanes) is 2. The summed E-state index contributed by atoms with van der Waals surface area (Å²) >= 11 is 0. The Balaban J connectivity index is 1.34. The third kappa shape index (κ3) is 8.28. The van der Waals surface area contributed by atoms with E-state index in [2.05, 4.69) is 119 Å². The molecule has 2 aromatic heterocycles. The van der Waals surface area contributed by atoms with Crippen molar-refractivity contribution < 1.29 is 8.83 Å². The molecule has 0 aliphatic heterocycles. The summed E-state index contributed by atoms with van der Waals surface area (Å²) in [6.45, 7) is 9.37. The summed E-state index contributed by atoms with van der Waals surface area (Å²) in [5.41, 5.74) is 11.1. The summed E-state index contributed by atoms with van der Waals surface area (Å²) in [6.07, 6.45) is 11.8. The van der Waals surface area contributed by atoms with Crippen molar-refractivity contribution in [1.29, 1.82) is 0 Å². The van der Waals surface area contributed by atoms with E-state index in [1.807, 2.05) is 52.5 Å². The second-order valence-corrected chi connectivity index (χ2v) is 16.6. The van der Waals surface area contributed by atoms with Gasteiger partial charge in [-0.25, -0.2) is 0 Å². The fourth-order valence-corrected chi connectivity index (χ4v) is 8.87. The molecule has 4 aromatic carbocycles. The number of fused-ring (bicyclic) bond motifs is 3. The Morgan fingerprint density at radius 2 is 0.842 bits per heavy atom. The number of nitrogens with zero attached hydrogens (tertiary/aromatic N) is 6. The fraction of sp³-hybridized carbons (Fsp3) is 0.429. The Morgan fingerprint density at radius 3 is 1.18 bits per heavy atom. The van der Waals surface area contributed by atoms with Gasteiger partial charge in [-0.15, -0.1) is 20.4 Å². The first kappa shape index (κ1) is 40.0. The van der Waals surface area contributed by atoms with Crippen LogP contribution in [0.3, 0.4) is 0 Å². The maximum absolute atomic E-state index is 6.44. The van der Waals surface area contributed by atoms with Crippen LogP contribution >= 0.6 is 0 Å². The molecule has 0 bridgehead atoms. The number of anilines is 2. The first-order valence-corrected chi connectivity index (χ1v) is 21.2. The minimum Gasteiger partial charge on any atom is -0.416 e. The first-order chi connectivity index (χ1) is 27.7. The van der Waals surface area contributed by atoms with Crippen molar-refractivity contribution in [3.63, 3.8) is 0 Å². The quantitative estimate of drug-likeness (QED) is 0.0855. The van der Waals surface area contributed by atoms with E-state index in [0.29, 0.717) is 35.4 Å². The van der Waals surface area contributed by atoms with E-state index in [1.54, 1.807) is 0 Å². The molecule has 0 N–H and O–H groups in total. The molecule has 0 amide bonds. The summed E-state index contributed by atoms with van der Waals surface area (Å²) in [7, 11) is 8.16. The molecule has 0 saturated carbocycles. The highest BCUT2D eigenvalue weighted by Gasteiger charge is 2.46. The molecule has 0 radical (unpaired) electrons. The van der Waals surface area contributed by atoms with Gasteiger partial charge in [0.15, 0.2) is 0 Å². The summed E-state index contributed by atoms with van der Waals surface area (Å²) in [4.78, 5) is 4.17. The van der Waals surface area contributed by atoms with Gasteiger partial charge in [-0.1, -0.05) is 91.2 Å². The van der Waals surface area contributed by atoms with E-state index in [0.717, 1.165) is 59.3 Å². The van der Waals surface area contributed by atoms with Crippen molar-refractivity contribution >= 4 is 11.4 Å². The van der Waals surface area contributed by atoms with Gasteiger partial charge >= 0.3 is 0 Å². The topological polar surface area (TPSA) is 84.3 Å². The van der Waals surface area contributed by atoms with Gasteiger partial charge in [0, 0.05) is 67.2 Å². The average molecular weight is 765 g/mol. The Labute approximate surface area is 339 Å². The van der Waals surface area contributed by atoms with Crippen LogP contribution in [-0.2, 0) is 5.41 Å². The van der Waals surface area contributed by atoms with Crippen LogP contribution in [0.25, 0.3) is 56.9 Å². The Bertz CT molecular complexity index is 2070. The van der Waals surface area contributed by atoms with Crippen LogP contribution in [0.1, 0.15) is 103 Å². The first-order valence-electron chi connectivity index (χ1n) is 21.2. The molecule has 0 spiro atoms. The van der Waals surface area contributed by atoms with Crippen molar-refractivity contribution in [2.75, 3.05) is 38.0 Å². The minimum absolute atomic E-state index is 0.213. The zero-order valence-corrected chi connectivity index (χ0v) is 35.3. The molecule has 7 rings (SSSR count). The molecule has 2 unspecified atom stereocenters. The Kier molecular flexibility index (Phi) is 12.3. The number of benzene rings is 4. The molecule has 298 valence electrons. The molecule has 1 aliphatic rings. The van der Waals surface area contributed by atoms with Crippen LogP contribution in [0, 0.1) is 11.8 Å². The maximum Gasteiger partial charge on any atom is 0.248 e. The van der Waals surface area contributed by atoms with Gasteiger partial charge < -0.3 is 18.6 Å². The number of hydrogen-bond acceptors (Lipinski definition) is 8. The zero-order chi connectivity index (χ0) is 40.1. The van der Waals surface area contributed by atoms with Crippen LogP contribution in [0.5, 0.6) is 0 Å². The van der Waals surface area contributed by atoms with E-state index >= 15 is 0 Å². The largest absolute Gasteiger partial charge is 0.416 e. The van der Waals surface area contributed by atoms with Crippen LogP contribution in [0.4, 0.5) is 11.4 Å². The summed E-state index contributed by atoms with van der Waals surface area (Å²) in [5.74, 6) is 3.31. The molecule has 8 heteroatoms. The minimum atomic E-state index is -0.213. The second kappa shape index (κ2) is 17.5. The number of aromatic nitrogens is 4. The maximum atomic E-state index is 6.44. The van der Waals surface area contributed by atoms with Crippen molar-refractivity contribution in [3.8, 4) is 56.9 Å². The number of hydrogen-bond donors (Lipinski definition) is 0. The normalized spacial score (nSPS) is 14.0. The summed E-state index contributed by atoms with van der Waals surface area (Å²) < 4.78 is 12.9. The van der Waals surface area contributed by atoms with E-state index in [4.69, 9.17) is 8.83 Å². The lowest BCUT2D eigenvalue weighted by Gasteiger charge is -2.39. The SMILES string of the molecule is CCCCC(CC)CC1(CC(CC)CCCC)c2cc(-c3nnc(-c4ccc(N(C)C)cc4)o3)ccc2-c2ccc(-c3nnc(-c4ccc(N(C)C)cc4)o3)cc21. The molecule has 57 heavy (non-hydrogen) atoms. The lowest BCUT2D eigenvalue weighted by atomic mass is 9.65. The Hall–Kier alpha value is -5.24. The summed E-state index contributed by atoms with van der Waals surface area (Å²) in [6, 6.07) is 30.2. The highest BCUT2D eigenvalue weighted by molar-refractivity contribution is 5.85. The van der Waals surface area contributed by atoms with Gasteiger partial charge in [-0.05, 0) is 120 Å². The molecule has 2 atom stereocenters. The molecular formula is C49H60N6O2. The van der Waals surface area contributed by atoms with E-state index in [1.165, 1.54) is 60.8 Å². The predicted molar refractivity (Wildman–Crippen MR) is 235 cm³/mol. The molecule has 0 fully saturated rings. The predicted octanol–water partition coefficient (Wildman–Crippen LogP) is 12.7. The fourth-order valence-electron chi connectivity index (χ4n) is 8.87. The standard InChI is InChI=1S/C49H60N6O2/c1-9-13-15-33(11-3)31-49(32-34(12-4)16-14-10-2)43-29-37(47-52-50-45(56-47)35-17-23-39(24-18-35)54(5)6)21-27-41(43)42-28-22-38(30-44(42)49)48-53-51-46(57-48)36-19-25-40(26-20-36)55(7)8/h17-30,33-34H,9-16,31-32H2,1-8H3. The van der Waals surface area contributed by atoms with Crippen molar-refractivity contribution in [1.82, 2.24) is 20.4 Å².